The SMILES string of the molecule is [CH2]C(CCCCCCCCCC)CCCCCCCCCCC. The lowest BCUT2D eigenvalue weighted by molar-refractivity contribution is 0.460. The Bertz CT molecular complexity index is 196. The zero-order valence-corrected chi connectivity index (χ0v) is 16.7. The van der Waals surface area contributed by atoms with E-state index in [9.17, 15) is 0 Å². The molecule has 1 unspecified atom stereocenters. The first-order chi connectivity index (χ1) is 11.3. The molecule has 0 aliphatic heterocycles. The summed E-state index contributed by atoms with van der Waals surface area (Å²) in [5.74, 6) is 0.722. The number of hydrogen-bond acceptors (Lipinski definition) is 0. The molecule has 139 valence electrons. The topological polar surface area (TPSA) is 0 Å². The predicted octanol–water partition coefficient (Wildman–Crippen LogP) is 8.89. The van der Waals surface area contributed by atoms with Gasteiger partial charge in [-0.1, -0.05) is 143 Å². The van der Waals surface area contributed by atoms with E-state index in [2.05, 4.69) is 20.8 Å². The Hall–Kier alpha value is 0. The average Bonchev–Trinajstić information content (AvgIpc) is 2.56. The first kappa shape index (κ1) is 23.0. The molecule has 0 aliphatic carbocycles. The molecule has 0 aromatic carbocycles. The molecule has 0 saturated carbocycles. The van der Waals surface area contributed by atoms with E-state index in [0.29, 0.717) is 0 Å². The van der Waals surface area contributed by atoms with E-state index < -0.39 is 0 Å². The summed E-state index contributed by atoms with van der Waals surface area (Å²) in [5.41, 5.74) is 0. The second-order valence-electron chi connectivity index (χ2n) is 7.75. The summed E-state index contributed by atoms with van der Waals surface area (Å²) in [4.78, 5) is 0. The first-order valence-electron chi connectivity index (χ1n) is 11.1. The summed E-state index contributed by atoms with van der Waals surface area (Å²) in [6.45, 7) is 8.95. The molecule has 0 heterocycles. The third-order valence-corrected chi connectivity index (χ3v) is 5.18. The van der Waals surface area contributed by atoms with E-state index in [1.165, 1.54) is 122 Å². The van der Waals surface area contributed by atoms with E-state index in [4.69, 9.17) is 0 Å². The van der Waals surface area contributed by atoms with Crippen LogP contribution in [0.25, 0.3) is 0 Å². The van der Waals surface area contributed by atoms with Crippen molar-refractivity contribution in [3.05, 3.63) is 6.92 Å². The van der Waals surface area contributed by atoms with Crippen LogP contribution in [-0.4, -0.2) is 0 Å². The second kappa shape index (κ2) is 20.0. The fourth-order valence-electron chi connectivity index (χ4n) is 3.45. The highest BCUT2D eigenvalue weighted by atomic mass is 14.1. The Labute approximate surface area is 149 Å². The standard InChI is InChI=1S/C23H47/c1-4-6-8-10-12-14-16-18-20-22-23(3)21-19-17-15-13-11-9-7-5-2/h23H,3-22H2,1-2H3. The predicted molar refractivity (Wildman–Crippen MR) is 108 cm³/mol. The maximum absolute atomic E-state index is 4.36. The van der Waals surface area contributed by atoms with Gasteiger partial charge in [0.25, 0.3) is 0 Å². The number of unbranched alkanes of at least 4 members (excludes halogenated alkanes) is 15. The molecule has 23 heavy (non-hydrogen) atoms. The van der Waals surface area contributed by atoms with Crippen molar-refractivity contribution in [2.45, 2.75) is 136 Å². The molecular weight excluding hydrogens is 276 g/mol. The molecule has 0 nitrogen and oxygen atoms in total. The highest BCUT2D eigenvalue weighted by molar-refractivity contribution is 4.62. The van der Waals surface area contributed by atoms with Crippen LogP contribution in [0.2, 0.25) is 0 Å². The molecule has 0 rings (SSSR count). The van der Waals surface area contributed by atoms with Crippen LogP contribution in [0.3, 0.4) is 0 Å². The van der Waals surface area contributed by atoms with Gasteiger partial charge in [0.15, 0.2) is 0 Å². The van der Waals surface area contributed by atoms with E-state index >= 15 is 0 Å². The molecule has 1 radical (unpaired) electrons. The maximum Gasteiger partial charge on any atom is -0.0414 e. The zero-order chi connectivity index (χ0) is 17.0. The van der Waals surface area contributed by atoms with Crippen LogP contribution < -0.4 is 0 Å². The Morgan fingerprint density at radius 2 is 0.696 bits per heavy atom. The third-order valence-electron chi connectivity index (χ3n) is 5.18. The van der Waals surface area contributed by atoms with Gasteiger partial charge in [0, 0.05) is 0 Å². The van der Waals surface area contributed by atoms with Gasteiger partial charge in [-0.25, -0.2) is 0 Å². The first-order valence-corrected chi connectivity index (χ1v) is 11.1. The minimum absolute atomic E-state index is 0.722. The van der Waals surface area contributed by atoms with Gasteiger partial charge < -0.3 is 0 Å². The van der Waals surface area contributed by atoms with Crippen LogP contribution in [-0.2, 0) is 0 Å². The van der Waals surface area contributed by atoms with Crippen LogP contribution in [0, 0.1) is 12.8 Å². The normalized spacial score (nSPS) is 12.7. The fourth-order valence-corrected chi connectivity index (χ4v) is 3.45. The molecule has 0 bridgehead atoms. The monoisotopic (exact) mass is 323 g/mol. The summed E-state index contributed by atoms with van der Waals surface area (Å²) in [7, 11) is 0. The summed E-state index contributed by atoms with van der Waals surface area (Å²) in [6, 6.07) is 0. The van der Waals surface area contributed by atoms with Crippen molar-refractivity contribution < 1.29 is 0 Å². The molecule has 0 fully saturated rings. The van der Waals surface area contributed by atoms with Crippen molar-refractivity contribution in [1.29, 1.82) is 0 Å². The van der Waals surface area contributed by atoms with Gasteiger partial charge in [0.2, 0.25) is 0 Å². The quantitative estimate of drug-likeness (QED) is 0.208. The average molecular weight is 324 g/mol. The summed E-state index contributed by atoms with van der Waals surface area (Å²) in [6.07, 6.45) is 27.2. The second-order valence-corrected chi connectivity index (χ2v) is 7.75. The smallest absolute Gasteiger partial charge is 0.0414 e. The molecule has 0 aromatic heterocycles. The van der Waals surface area contributed by atoms with Gasteiger partial charge in [0.1, 0.15) is 0 Å². The number of rotatable bonds is 19. The van der Waals surface area contributed by atoms with E-state index in [1.54, 1.807) is 0 Å². The van der Waals surface area contributed by atoms with Gasteiger partial charge in [-0.2, -0.15) is 0 Å². The molecule has 1 atom stereocenters. The minimum atomic E-state index is 0.722. The zero-order valence-electron chi connectivity index (χ0n) is 16.7. The lowest BCUT2D eigenvalue weighted by atomic mass is 9.95. The Morgan fingerprint density at radius 3 is 1.00 bits per heavy atom. The van der Waals surface area contributed by atoms with Gasteiger partial charge >= 0.3 is 0 Å². The molecular formula is C23H47. The summed E-state index contributed by atoms with van der Waals surface area (Å²) in [5, 5.41) is 0. The molecule has 0 saturated heterocycles. The van der Waals surface area contributed by atoms with Gasteiger partial charge in [-0.15, -0.1) is 0 Å². The van der Waals surface area contributed by atoms with Gasteiger partial charge in [-0.3, -0.25) is 0 Å². The third kappa shape index (κ3) is 20.0. The van der Waals surface area contributed by atoms with Crippen molar-refractivity contribution in [2.24, 2.45) is 5.92 Å². The Kier molecular flexibility index (Phi) is 20.0. The summed E-state index contributed by atoms with van der Waals surface area (Å²) >= 11 is 0. The molecule has 0 spiro atoms. The van der Waals surface area contributed by atoms with Crippen LogP contribution in [0.15, 0.2) is 0 Å². The Balaban J connectivity index is 3.11. The minimum Gasteiger partial charge on any atom is -0.0654 e. The van der Waals surface area contributed by atoms with E-state index in [-0.39, 0.29) is 0 Å². The lowest BCUT2D eigenvalue weighted by Gasteiger charge is -2.11. The van der Waals surface area contributed by atoms with Gasteiger partial charge in [0.05, 0.1) is 0 Å². The van der Waals surface area contributed by atoms with E-state index in [1.807, 2.05) is 0 Å². The van der Waals surface area contributed by atoms with Crippen molar-refractivity contribution in [3.63, 3.8) is 0 Å². The Morgan fingerprint density at radius 1 is 0.435 bits per heavy atom. The molecule has 0 N–H and O–H groups in total. The molecule has 0 heteroatoms. The molecule has 0 amide bonds. The fraction of sp³-hybridized carbons (Fsp3) is 0.957. The molecule has 0 aliphatic rings. The van der Waals surface area contributed by atoms with Crippen LogP contribution in [0.4, 0.5) is 0 Å². The van der Waals surface area contributed by atoms with Crippen molar-refractivity contribution in [3.8, 4) is 0 Å². The highest BCUT2D eigenvalue weighted by Crippen LogP contribution is 2.18. The maximum atomic E-state index is 4.36. The number of hydrogen-bond donors (Lipinski definition) is 0. The van der Waals surface area contributed by atoms with E-state index in [0.717, 1.165) is 5.92 Å². The highest BCUT2D eigenvalue weighted by Gasteiger charge is 2.02. The van der Waals surface area contributed by atoms with Crippen LogP contribution in [0.1, 0.15) is 136 Å². The summed E-state index contributed by atoms with van der Waals surface area (Å²) < 4.78 is 0. The lowest BCUT2D eigenvalue weighted by Crippen LogP contribution is -1.95. The van der Waals surface area contributed by atoms with Crippen molar-refractivity contribution in [2.75, 3.05) is 0 Å². The van der Waals surface area contributed by atoms with Crippen LogP contribution >= 0.6 is 0 Å². The van der Waals surface area contributed by atoms with Crippen molar-refractivity contribution >= 4 is 0 Å². The van der Waals surface area contributed by atoms with Crippen LogP contribution in [0.5, 0.6) is 0 Å². The van der Waals surface area contributed by atoms with Gasteiger partial charge in [-0.05, 0) is 5.92 Å². The largest absolute Gasteiger partial charge is 0.0654 e. The van der Waals surface area contributed by atoms with Crippen molar-refractivity contribution in [1.82, 2.24) is 0 Å². The molecule has 0 aromatic rings.